The number of nitrogens with zero attached hydrogens (tertiary/aromatic N) is 2. The van der Waals surface area contributed by atoms with E-state index in [1.54, 1.807) is 35.1 Å². The summed E-state index contributed by atoms with van der Waals surface area (Å²) in [4.78, 5) is 23.9. The number of aromatic nitrogens is 2. The van der Waals surface area contributed by atoms with Gasteiger partial charge in [-0.15, -0.1) is 0 Å². The van der Waals surface area contributed by atoms with Crippen LogP contribution in [-0.2, 0) is 4.79 Å². The Bertz CT molecular complexity index is 682. The van der Waals surface area contributed by atoms with Crippen molar-refractivity contribution in [3.8, 4) is 0 Å². The van der Waals surface area contributed by atoms with Gasteiger partial charge in [0, 0.05) is 22.1 Å². The second-order valence-corrected chi connectivity index (χ2v) is 5.91. The van der Waals surface area contributed by atoms with E-state index in [2.05, 4.69) is 31.7 Å². The molecule has 0 atom stereocenters. The molecule has 22 heavy (non-hydrogen) atoms. The molecule has 0 unspecified atom stereocenters. The number of amides is 2. The lowest BCUT2D eigenvalue weighted by molar-refractivity contribution is -0.115. The Hall–Kier alpha value is -2.15. The molecule has 0 radical (unpaired) electrons. The average Bonchev–Trinajstić information content (AvgIpc) is 2.93. The predicted octanol–water partition coefficient (Wildman–Crippen LogP) is 2.60. The van der Waals surface area contributed by atoms with Gasteiger partial charge in [-0.1, -0.05) is 22.0 Å². The van der Waals surface area contributed by atoms with E-state index in [1.807, 2.05) is 19.9 Å². The third-order valence-corrected chi connectivity index (χ3v) is 3.42. The van der Waals surface area contributed by atoms with Crippen LogP contribution < -0.4 is 10.6 Å². The summed E-state index contributed by atoms with van der Waals surface area (Å²) in [7, 11) is 0. The summed E-state index contributed by atoms with van der Waals surface area (Å²) in [5.74, 6) is 0.0104. The molecular formula is C15H17BrN4O2. The molecule has 2 rings (SSSR count). The van der Waals surface area contributed by atoms with Gasteiger partial charge in [-0.3, -0.25) is 9.59 Å². The molecule has 2 amide bonds. The third-order valence-electron chi connectivity index (χ3n) is 2.92. The molecule has 2 N–H and O–H groups in total. The maximum atomic E-state index is 11.9. The molecule has 0 aliphatic carbocycles. The van der Waals surface area contributed by atoms with Gasteiger partial charge in [0.25, 0.3) is 5.91 Å². The highest BCUT2D eigenvalue weighted by molar-refractivity contribution is 9.10. The maximum Gasteiger partial charge on any atom is 0.251 e. The van der Waals surface area contributed by atoms with Gasteiger partial charge in [-0.25, -0.2) is 4.68 Å². The third kappa shape index (κ3) is 4.17. The molecule has 1 aromatic heterocycles. The van der Waals surface area contributed by atoms with Crippen LogP contribution in [0.3, 0.4) is 0 Å². The SMILES string of the molecule is CC(C)n1nccc1NC(=O)CNC(=O)c1cccc(Br)c1. The Balaban J connectivity index is 1.90. The molecule has 6 nitrogen and oxygen atoms in total. The zero-order valence-electron chi connectivity index (χ0n) is 12.3. The van der Waals surface area contributed by atoms with Crippen molar-refractivity contribution in [2.75, 3.05) is 11.9 Å². The summed E-state index contributed by atoms with van der Waals surface area (Å²) in [6.07, 6.45) is 1.62. The van der Waals surface area contributed by atoms with E-state index in [1.165, 1.54) is 0 Å². The van der Waals surface area contributed by atoms with Crippen LogP contribution in [0.25, 0.3) is 0 Å². The van der Waals surface area contributed by atoms with Crippen molar-refractivity contribution in [3.63, 3.8) is 0 Å². The van der Waals surface area contributed by atoms with Crippen LogP contribution in [0.15, 0.2) is 41.0 Å². The van der Waals surface area contributed by atoms with Gasteiger partial charge in [0.1, 0.15) is 5.82 Å². The maximum absolute atomic E-state index is 11.9. The standard InChI is InChI=1S/C15H17BrN4O2/c1-10(2)20-13(6-7-18-20)19-14(21)9-17-15(22)11-4-3-5-12(16)8-11/h3-8,10H,9H2,1-2H3,(H,17,22)(H,19,21). The Morgan fingerprint density at radius 1 is 1.32 bits per heavy atom. The minimum atomic E-state index is -0.300. The van der Waals surface area contributed by atoms with Crippen molar-refractivity contribution < 1.29 is 9.59 Å². The van der Waals surface area contributed by atoms with Gasteiger partial charge in [0.15, 0.2) is 0 Å². The van der Waals surface area contributed by atoms with Crippen LogP contribution in [0.5, 0.6) is 0 Å². The first-order chi connectivity index (χ1) is 10.5. The zero-order valence-corrected chi connectivity index (χ0v) is 13.9. The van der Waals surface area contributed by atoms with E-state index in [4.69, 9.17) is 0 Å². The number of nitrogens with one attached hydrogen (secondary N) is 2. The van der Waals surface area contributed by atoms with Gasteiger partial charge in [0.05, 0.1) is 12.7 Å². The van der Waals surface area contributed by atoms with Crippen LogP contribution in [0.4, 0.5) is 5.82 Å². The average molecular weight is 365 g/mol. The number of hydrogen-bond acceptors (Lipinski definition) is 3. The van der Waals surface area contributed by atoms with Gasteiger partial charge in [-0.2, -0.15) is 5.10 Å². The van der Waals surface area contributed by atoms with Gasteiger partial charge in [0.2, 0.25) is 5.91 Å². The second kappa shape index (κ2) is 7.22. The highest BCUT2D eigenvalue weighted by Gasteiger charge is 2.11. The number of carbonyl (C=O) groups excluding carboxylic acids is 2. The van der Waals surface area contributed by atoms with Gasteiger partial charge < -0.3 is 10.6 Å². The molecule has 116 valence electrons. The summed E-state index contributed by atoms with van der Waals surface area (Å²) in [5, 5.41) is 9.44. The number of halogens is 1. The summed E-state index contributed by atoms with van der Waals surface area (Å²) in [5.41, 5.74) is 0.495. The Morgan fingerprint density at radius 2 is 2.09 bits per heavy atom. The largest absolute Gasteiger partial charge is 0.343 e. The lowest BCUT2D eigenvalue weighted by Crippen LogP contribution is -2.33. The molecule has 0 saturated heterocycles. The quantitative estimate of drug-likeness (QED) is 0.855. The summed E-state index contributed by atoms with van der Waals surface area (Å²) >= 11 is 3.30. The molecule has 0 spiro atoms. The molecule has 7 heteroatoms. The van der Waals surface area contributed by atoms with Crippen LogP contribution in [0.1, 0.15) is 30.2 Å². The van der Waals surface area contributed by atoms with Crippen molar-refractivity contribution in [2.24, 2.45) is 0 Å². The Morgan fingerprint density at radius 3 is 2.77 bits per heavy atom. The highest BCUT2D eigenvalue weighted by atomic mass is 79.9. The summed E-state index contributed by atoms with van der Waals surface area (Å²) < 4.78 is 2.51. The van der Waals surface area contributed by atoms with E-state index < -0.39 is 0 Å². The van der Waals surface area contributed by atoms with E-state index in [9.17, 15) is 9.59 Å². The van der Waals surface area contributed by atoms with E-state index in [0.29, 0.717) is 11.4 Å². The number of hydrogen-bond donors (Lipinski definition) is 2. The van der Waals surface area contributed by atoms with E-state index in [0.717, 1.165) is 4.47 Å². The molecule has 2 aromatic rings. The fraction of sp³-hybridized carbons (Fsp3) is 0.267. The van der Waals surface area contributed by atoms with Crippen LogP contribution >= 0.6 is 15.9 Å². The first-order valence-corrected chi connectivity index (χ1v) is 7.64. The molecule has 1 heterocycles. The summed E-state index contributed by atoms with van der Waals surface area (Å²) in [6, 6.07) is 8.83. The molecular weight excluding hydrogens is 348 g/mol. The number of anilines is 1. The van der Waals surface area contributed by atoms with Crippen LogP contribution in [-0.4, -0.2) is 28.1 Å². The van der Waals surface area contributed by atoms with Gasteiger partial charge >= 0.3 is 0 Å². The monoisotopic (exact) mass is 364 g/mol. The van der Waals surface area contributed by atoms with Crippen molar-refractivity contribution in [3.05, 3.63) is 46.6 Å². The number of benzene rings is 1. The predicted molar refractivity (Wildman–Crippen MR) is 87.7 cm³/mol. The smallest absolute Gasteiger partial charge is 0.251 e. The van der Waals surface area contributed by atoms with Crippen LogP contribution in [0.2, 0.25) is 0 Å². The van der Waals surface area contributed by atoms with Crippen molar-refractivity contribution in [2.45, 2.75) is 19.9 Å². The van der Waals surface area contributed by atoms with Gasteiger partial charge in [-0.05, 0) is 32.0 Å². The molecule has 0 bridgehead atoms. The second-order valence-electron chi connectivity index (χ2n) is 5.00. The number of carbonyl (C=O) groups is 2. The highest BCUT2D eigenvalue weighted by Crippen LogP contribution is 2.13. The normalized spacial score (nSPS) is 10.5. The van der Waals surface area contributed by atoms with Crippen molar-refractivity contribution in [1.82, 2.24) is 15.1 Å². The lowest BCUT2D eigenvalue weighted by atomic mass is 10.2. The Labute approximate surface area is 137 Å². The topological polar surface area (TPSA) is 76.0 Å². The van der Waals surface area contributed by atoms with E-state index in [-0.39, 0.29) is 24.4 Å². The minimum absolute atomic E-state index is 0.103. The first-order valence-electron chi connectivity index (χ1n) is 6.84. The molecule has 0 aliphatic rings. The molecule has 0 aliphatic heterocycles. The molecule has 0 fully saturated rings. The summed E-state index contributed by atoms with van der Waals surface area (Å²) in [6.45, 7) is 3.84. The zero-order chi connectivity index (χ0) is 16.1. The van der Waals surface area contributed by atoms with E-state index >= 15 is 0 Å². The molecule has 1 aromatic carbocycles. The molecule has 0 saturated carbocycles. The fourth-order valence-electron chi connectivity index (χ4n) is 1.90. The van der Waals surface area contributed by atoms with Crippen LogP contribution in [0, 0.1) is 0 Å². The van der Waals surface area contributed by atoms with Crippen molar-refractivity contribution in [1.29, 1.82) is 0 Å². The lowest BCUT2D eigenvalue weighted by Gasteiger charge is -2.12. The van der Waals surface area contributed by atoms with Crippen molar-refractivity contribution >= 4 is 33.6 Å². The first kappa shape index (κ1) is 16.2. The Kier molecular flexibility index (Phi) is 5.32. The fourth-order valence-corrected chi connectivity index (χ4v) is 2.30. The number of rotatable bonds is 5. The minimum Gasteiger partial charge on any atom is -0.343 e.